The highest BCUT2D eigenvalue weighted by atomic mass is 16.3. The summed E-state index contributed by atoms with van der Waals surface area (Å²) in [6.07, 6.45) is 1.71. The Morgan fingerprint density at radius 2 is 1.88 bits per heavy atom. The van der Waals surface area contributed by atoms with Gasteiger partial charge in [-0.05, 0) is 24.3 Å². The number of phenolic OH excluding ortho intramolecular Hbond substituents is 1. The molecule has 0 aromatic heterocycles. The zero-order valence-electron chi connectivity index (χ0n) is 10.6. The molecule has 1 aromatic carbocycles. The minimum Gasteiger partial charge on any atom is -0.506 e. The standard InChI is InChI=1S/C12H15NO.C2H6/c1-5-9-10(8(2)3)6-7-11(14)12(9)13-4;1-2/h5-8,14H,1,4H2,2-3H3;1-2H3. The summed E-state index contributed by atoms with van der Waals surface area (Å²) in [7, 11) is 0. The molecule has 1 rings (SSSR count). The summed E-state index contributed by atoms with van der Waals surface area (Å²) in [4.78, 5) is 3.81. The van der Waals surface area contributed by atoms with E-state index in [0.29, 0.717) is 11.6 Å². The molecule has 0 atom stereocenters. The van der Waals surface area contributed by atoms with Crippen LogP contribution in [0.25, 0.3) is 6.08 Å². The van der Waals surface area contributed by atoms with Crippen molar-refractivity contribution in [2.24, 2.45) is 4.99 Å². The van der Waals surface area contributed by atoms with E-state index in [1.807, 2.05) is 19.9 Å². The first-order valence-electron chi connectivity index (χ1n) is 5.56. The van der Waals surface area contributed by atoms with Crippen LogP contribution < -0.4 is 0 Å². The zero-order chi connectivity index (χ0) is 12.7. The van der Waals surface area contributed by atoms with Gasteiger partial charge in [0.2, 0.25) is 0 Å². The van der Waals surface area contributed by atoms with Crippen molar-refractivity contribution in [1.29, 1.82) is 0 Å². The van der Waals surface area contributed by atoms with E-state index in [0.717, 1.165) is 11.1 Å². The van der Waals surface area contributed by atoms with Gasteiger partial charge in [0.25, 0.3) is 0 Å². The summed E-state index contributed by atoms with van der Waals surface area (Å²) in [5.41, 5.74) is 2.52. The van der Waals surface area contributed by atoms with Crippen LogP contribution in [0.5, 0.6) is 5.75 Å². The molecule has 0 fully saturated rings. The second-order valence-corrected chi connectivity index (χ2v) is 3.45. The molecule has 0 aliphatic rings. The Balaban J connectivity index is 0.00000106. The first-order chi connectivity index (χ1) is 7.61. The van der Waals surface area contributed by atoms with Gasteiger partial charge in [0.15, 0.2) is 0 Å². The molecule has 0 radical (unpaired) electrons. The molecule has 0 bridgehead atoms. The molecule has 0 aliphatic heterocycles. The maximum absolute atomic E-state index is 9.55. The largest absolute Gasteiger partial charge is 0.506 e. The zero-order valence-corrected chi connectivity index (χ0v) is 10.6. The average molecular weight is 219 g/mol. The number of nitrogens with zero attached hydrogens (tertiary/aromatic N) is 1. The van der Waals surface area contributed by atoms with Gasteiger partial charge in [-0.25, -0.2) is 0 Å². The van der Waals surface area contributed by atoms with Gasteiger partial charge in [0.1, 0.15) is 11.4 Å². The highest BCUT2D eigenvalue weighted by molar-refractivity contribution is 5.73. The van der Waals surface area contributed by atoms with Crippen LogP contribution in [0.3, 0.4) is 0 Å². The van der Waals surface area contributed by atoms with Crippen LogP contribution in [0.15, 0.2) is 23.7 Å². The number of aliphatic imine (C=N–C) groups is 1. The van der Waals surface area contributed by atoms with E-state index in [-0.39, 0.29) is 5.75 Å². The van der Waals surface area contributed by atoms with Gasteiger partial charge in [-0.2, -0.15) is 0 Å². The van der Waals surface area contributed by atoms with Gasteiger partial charge in [-0.1, -0.05) is 46.4 Å². The van der Waals surface area contributed by atoms with Crippen LogP contribution in [0, 0.1) is 0 Å². The Morgan fingerprint density at radius 1 is 1.31 bits per heavy atom. The van der Waals surface area contributed by atoms with Crippen LogP contribution >= 0.6 is 0 Å². The fourth-order valence-corrected chi connectivity index (χ4v) is 1.50. The maximum atomic E-state index is 9.55. The van der Waals surface area contributed by atoms with Gasteiger partial charge in [-0.15, -0.1) is 0 Å². The Bertz CT molecular complexity index is 367. The minimum absolute atomic E-state index is 0.152. The SMILES string of the molecule is C=Cc1c(C(C)C)ccc(O)c1N=C.CC. The van der Waals surface area contributed by atoms with E-state index in [9.17, 15) is 5.11 Å². The summed E-state index contributed by atoms with van der Waals surface area (Å²) < 4.78 is 0. The molecule has 16 heavy (non-hydrogen) atoms. The van der Waals surface area contributed by atoms with Crippen molar-refractivity contribution in [2.75, 3.05) is 0 Å². The predicted octanol–water partition coefficient (Wildman–Crippen LogP) is 4.52. The topological polar surface area (TPSA) is 32.6 Å². The lowest BCUT2D eigenvalue weighted by atomic mass is 9.95. The van der Waals surface area contributed by atoms with Crippen molar-refractivity contribution in [1.82, 2.24) is 0 Å². The second-order valence-electron chi connectivity index (χ2n) is 3.45. The van der Waals surface area contributed by atoms with Crippen molar-refractivity contribution >= 4 is 18.5 Å². The maximum Gasteiger partial charge on any atom is 0.141 e. The van der Waals surface area contributed by atoms with Gasteiger partial charge in [0.05, 0.1) is 0 Å². The number of hydrogen-bond donors (Lipinski definition) is 1. The fraction of sp³-hybridized carbons (Fsp3) is 0.357. The van der Waals surface area contributed by atoms with E-state index in [2.05, 4.69) is 32.1 Å². The first-order valence-corrected chi connectivity index (χ1v) is 5.56. The number of rotatable bonds is 3. The number of benzene rings is 1. The van der Waals surface area contributed by atoms with Gasteiger partial charge >= 0.3 is 0 Å². The third-order valence-corrected chi connectivity index (χ3v) is 2.21. The van der Waals surface area contributed by atoms with Crippen molar-refractivity contribution in [3.05, 3.63) is 29.8 Å². The Hall–Kier alpha value is -1.57. The second kappa shape index (κ2) is 6.83. The first kappa shape index (κ1) is 14.4. The van der Waals surface area contributed by atoms with Crippen LogP contribution in [-0.4, -0.2) is 11.8 Å². The molecule has 0 heterocycles. The molecule has 0 saturated carbocycles. The van der Waals surface area contributed by atoms with Crippen LogP contribution in [0.1, 0.15) is 44.7 Å². The Kier molecular flexibility index (Phi) is 6.16. The summed E-state index contributed by atoms with van der Waals surface area (Å²) in [5, 5.41) is 9.55. The lowest BCUT2D eigenvalue weighted by Crippen LogP contribution is -1.92. The smallest absolute Gasteiger partial charge is 0.141 e. The lowest BCUT2D eigenvalue weighted by Gasteiger charge is -2.12. The van der Waals surface area contributed by atoms with Gasteiger partial charge in [-0.3, -0.25) is 4.99 Å². The molecule has 88 valence electrons. The third kappa shape index (κ3) is 2.96. The highest BCUT2D eigenvalue weighted by Crippen LogP contribution is 2.36. The van der Waals surface area contributed by atoms with E-state index in [4.69, 9.17) is 0 Å². The summed E-state index contributed by atoms with van der Waals surface area (Å²) in [5.74, 6) is 0.531. The van der Waals surface area contributed by atoms with Crippen LogP contribution in [-0.2, 0) is 0 Å². The molecule has 1 N–H and O–H groups in total. The van der Waals surface area contributed by atoms with E-state index < -0.39 is 0 Å². The van der Waals surface area contributed by atoms with Crippen molar-refractivity contribution in [3.8, 4) is 5.75 Å². The quantitative estimate of drug-likeness (QED) is 0.745. The van der Waals surface area contributed by atoms with E-state index in [1.54, 1.807) is 12.1 Å². The fourth-order valence-electron chi connectivity index (χ4n) is 1.50. The lowest BCUT2D eigenvalue weighted by molar-refractivity contribution is 0.476. The third-order valence-electron chi connectivity index (χ3n) is 2.21. The van der Waals surface area contributed by atoms with Crippen molar-refractivity contribution in [3.63, 3.8) is 0 Å². The molecule has 2 heteroatoms. The molecular formula is C14H21NO. The van der Waals surface area contributed by atoms with Crippen LogP contribution in [0.4, 0.5) is 5.69 Å². The molecule has 0 saturated heterocycles. The average Bonchev–Trinajstić information content (AvgIpc) is 2.30. The molecule has 0 spiro atoms. The normalized spacial score (nSPS) is 9.31. The number of aromatic hydroxyl groups is 1. The van der Waals surface area contributed by atoms with E-state index in [1.165, 1.54) is 0 Å². The Labute approximate surface area is 98.4 Å². The predicted molar refractivity (Wildman–Crippen MR) is 72.8 cm³/mol. The number of hydrogen-bond acceptors (Lipinski definition) is 2. The monoisotopic (exact) mass is 219 g/mol. The van der Waals surface area contributed by atoms with E-state index >= 15 is 0 Å². The van der Waals surface area contributed by atoms with Crippen molar-refractivity contribution in [2.45, 2.75) is 33.6 Å². The Morgan fingerprint density at radius 3 is 2.25 bits per heavy atom. The molecule has 1 aromatic rings. The van der Waals surface area contributed by atoms with Gasteiger partial charge < -0.3 is 5.11 Å². The number of phenols is 1. The summed E-state index contributed by atoms with van der Waals surface area (Å²) in [6, 6.07) is 3.54. The molecule has 0 aliphatic carbocycles. The molecule has 2 nitrogen and oxygen atoms in total. The molecule has 0 unspecified atom stereocenters. The van der Waals surface area contributed by atoms with Crippen molar-refractivity contribution < 1.29 is 5.11 Å². The minimum atomic E-state index is 0.152. The van der Waals surface area contributed by atoms with Crippen LogP contribution in [0.2, 0.25) is 0 Å². The summed E-state index contributed by atoms with van der Waals surface area (Å²) in [6.45, 7) is 15.3. The molecular weight excluding hydrogens is 198 g/mol. The highest BCUT2D eigenvalue weighted by Gasteiger charge is 2.11. The summed E-state index contributed by atoms with van der Waals surface area (Å²) >= 11 is 0. The molecule has 0 amide bonds. The van der Waals surface area contributed by atoms with Gasteiger partial charge in [0, 0.05) is 5.56 Å².